The van der Waals surface area contributed by atoms with Crippen LogP contribution >= 0.6 is 24.8 Å². The molecule has 4 heterocycles. The molecule has 1 fully saturated rings. The first-order valence-corrected chi connectivity index (χ1v) is 8.81. The quantitative estimate of drug-likeness (QED) is 0.649. The number of carbonyl (C=O) groups is 1. The summed E-state index contributed by atoms with van der Waals surface area (Å²) in [6.45, 7) is 4.03. The number of nitrogens with one attached hydrogen (secondary N) is 1. The molecule has 0 saturated carbocycles. The second kappa shape index (κ2) is 10.4. The molecule has 0 spiro atoms. The minimum absolute atomic E-state index is 0. The number of hydrogen-bond donors (Lipinski definition) is 1. The predicted octanol–water partition coefficient (Wildman–Crippen LogP) is 1.95. The number of hydrogen-bond acceptors (Lipinski definition) is 7. The van der Waals surface area contributed by atoms with Crippen molar-refractivity contribution in [2.45, 2.75) is 0 Å². The summed E-state index contributed by atoms with van der Waals surface area (Å²) in [5.74, 6) is 1.79. The Morgan fingerprint density at radius 1 is 1.17 bits per heavy atom. The summed E-state index contributed by atoms with van der Waals surface area (Å²) < 4.78 is 7.02. The number of furan rings is 1. The topological polar surface area (TPSA) is 92.3 Å². The maximum absolute atomic E-state index is 12.5. The summed E-state index contributed by atoms with van der Waals surface area (Å²) in [5, 5.41) is 7.08. The maximum atomic E-state index is 12.5. The number of halogens is 2. The molecular formula is C18H23Cl2N7O2. The summed E-state index contributed by atoms with van der Waals surface area (Å²) in [7, 11) is 2.09. The van der Waals surface area contributed by atoms with E-state index < -0.39 is 0 Å². The number of likely N-dealkylation sites (N-methyl/N-ethyl adjacent to an activating group) is 1. The van der Waals surface area contributed by atoms with Crippen molar-refractivity contribution in [3.8, 4) is 17.4 Å². The van der Waals surface area contributed by atoms with Gasteiger partial charge >= 0.3 is 0 Å². The molecule has 1 amide bonds. The molecule has 156 valence electrons. The van der Waals surface area contributed by atoms with Gasteiger partial charge in [0.2, 0.25) is 5.91 Å². The highest BCUT2D eigenvalue weighted by Crippen LogP contribution is 2.20. The summed E-state index contributed by atoms with van der Waals surface area (Å²) in [6, 6.07) is 7.05. The molecule has 1 saturated heterocycles. The van der Waals surface area contributed by atoms with Crippen LogP contribution < -0.4 is 5.32 Å². The summed E-state index contributed by atoms with van der Waals surface area (Å²) in [5.41, 5.74) is 0. The molecule has 0 unspecified atom stereocenters. The van der Waals surface area contributed by atoms with Gasteiger partial charge in [-0.15, -0.1) is 24.8 Å². The summed E-state index contributed by atoms with van der Waals surface area (Å²) >= 11 is 0. The van der Waals surface area contributed by atoms with Crippen LogP contribution in [0, 0.1) is 0 Å². The Balaban J connectivity index is 0.00000150. The maximum Gasteiger partial charge on any atom is 0.239 e. The van der Waals surface area contributed by atoms with Crippen LogP contribution in [0.2, 0.25) is 0 Å². The van der Waals surface area contributed by atoms with Crippen molar-refractivity contribution in [2.75, 3.05) is 45.1 Å². The fraction of sp³-hybridized carbons (Fsp3) is 0.333. The van der Waals surface area contributed by atoms with Gasteiger partial charge in [0.15, 0.2) is 17.4 Å². The van der Waals surface area contributed by atoms with E-state index in [9.17, 15) is 4.79 Å². The second-order valence-corrected chi connectivity index (χ2v) is 6.49. The van der Waals surface area contributed by atoms with Crippen LogP contribution in [0.1, 0.15) is 0 Å². The standard InChI is InChI=1S/C18H21N7O2.2ClH/c1-23-7-9-24(10-8-23)13-17(26)20-15-12-16(25-6-3-5-19-25)22-18(21-15)14-4-2-11-27-14;;/h2-6,11-12H,7-10,13H2,1H3,(H,20,21,22,26);2*1H. The van der Waals surface area contributed by atoms with Gasteiger partial charge in [-0.05, 0) is 25.2 Å². The third kappa shape index (κ3) is 5.77. The second-order valence-electron chi connectivity index (χ2n) is 6.49. The highest BCUT2D eigenvalue weighted by Gasteiger charge is 2.18. The van der Waals surface area contributed by atoms with Crippen LogP contribution in [-0.2, 0) is 4.79 Å². The molecule has 1 aliphatic heterocycles. The minimum Gasteiger partial charge on any atom is -0.461 e. The van der Waals surface area contributed by atoms with Gasteiger partial charge in [-0.3, -0.25) is 9.69 Å². The first-order valence-electron chi connectivity index (χ1n) is 8.81. The normalized spacial score (nSPS) is 14.7. The van der Waals surface area contributed by atoms with E-state index in [1.807, 2.05) is 0 Å². The number of anilines is 1. The molecule has 3 aromatic rings. The first kappa shape index (κ1) is 22.8. The Morgan fingerprint density at radius 2 is 1.97 bits per heavy atom. The zero-order chi connectivity index (χ0) is 18.6. The van der Waals surface area contributed by atoms with Gasteiger partial charge < -0.3 is 14.6 Å². The van der Waals surface area contributed by atoms with Gasteiger partial charge in [0, 0.05) is 44.6 Å². The average Bonchev–Trinajstić information content (AvgIpc) is 3.37. The largest absolute Gasteiger partial charge is 0.461 e. The van der Waals surface area contributed by atoms with E-state index in [-0.39, 0.29) is 30.7 Å². The molecule has 1 aliphatic rings. The van der Waals surface area contributed by atoms with Crippen LogP contribution in [0.4, 0.5) is 5.82 Å². The van der Waals surface area contributed by atoms with E-state index in [0.717, 1.165) is 26.2 Å². The lowest BCUT2D eigenvalue weighted by Crippen LogP contribution is -2.47. The van der Waals surface area contributed by atoms with E-state index in [1.54, 1.807) is 47.6 Å². The molecule has 0 atom stereocenters. The van der Waals surface area contributed by atoms with Crippen LogP contribution in [0.3, 0.4) is 0 Å². The first-order chi connectivity index (χ1) is 13.2. The van der Waals surface area contributed by atoms with Crippen molar-refractivity contribution in [3.63, 3.8) is 0 Å². The number of nitrogens with zero attached hydrogens (tertiary/aromatic N) is 6. The Bertz CT molecular complexity index is 843. The van der Waals surface area contributed by atoms with Gasteiger partial charge in [0.25, 0.3) is 0 Å². The molecule has 3 aromatic heterocycles. The average molecular weight is 440 g/mol. The zero-order valence-corrected chi connectivity index (χ0v) is 17.5. The van der Waals surface area contributed by atoms with E-state index in [4.69, 9.17) is 4.42 Å². The fourth-order valence-corrected chi connectivity index (χ4v) is 2.93. The number of amides is 1. The fourth-order valence-electron chi connectivity index (χ4n) is 2.93. The van der Waals surface area contributed by atoms with E-state index in [0.29, 0.717) is 29.8 Å². The molecule has 0 bridgehead atoms. The molecule has 0 aliphatic carbocycles. The van der Waals surface area contributed by atoms with E-state index in [1.165, 1.54) is 0 Å². The number of rotatable bonds is 5. The van der Waals surface area contributed by atoms with Crippen molar-refractivity contribution < 1.29 is 9.21 Å². The molecule has 9 nitrogen and oxygen atoms in total. The van der Waals surface area contributed by atoms with Gasteiger partial charge in [0.1, 0.15) is 5.82 Å². The highest BCUT2D eigenvalue weighted by molar-refractivity contribution is 5.91. The van der Waals surface area contributed by atoms with Crippen molar-refractivity contribution in [1.29, 1.82) is 0 Å². The Hall–Kier alpha value is -2.46. The predicted molar refractivity (Wildman–Crippen MR) is 114 cm³/mol. The van der Waals surface area contributed by atoms with Gasteiger partial charge in [-0.1, -0.05) is 0 Å². The number of carbonyl (C=O) groups excluding carboxylic acids is 1. The Kier molecular flexibility index (Phi) is 8.15. The van der Waals surface area contributed by atoms with Gasteiger partial charge in [-0.25, -0.2) is 14.6 Å². The number of aromatic nitrogens is 4. The van der Waals surface area contributed by atoms with Crippen molar-refractivity contribution in [3.05, 3.63) is 42.9 Å². The highest BCUT2D eigenvalue weighted by atomic mass is 35.5. The van der Waals surface area contributed by atoms with Crippen LogP contribution in [0.5, 0.6) is 0 Å². The van der Waals surface area contributed by atoms with Crippen molar-refractivity contribution >= 4 is 36.5 Å². The lowest BCUT2D eigenvalue weighted by Gasteiger charge is -2.31. The van der Waals surface area contributed by atoms with Crippen LogP contribution in [0.25, 0.3) is 17.4 Å². The Labute approximate surface area is 180 Å². The lowest BCUT2D eigenvalue weighted by molar-refractivity contribution is -0.117. The SMILES string of the molecule is CN1CCN(CC(=O)Nc2cc(-n3cccn3)nc(-c3ccco3)n2)CC1.Cl.Cl. The van der Waals surface area contributed by atoms with Crippen molar-refractivity contribution in [1.82, 2.24) is 29.5 Å². The third-order valence-corrected chi connectivity index (χ3v) is 4.42. The molecule has 29 heavy (non-hydrogen) atoms. The van der Waals surface area contributed by atoms with Crippen molar-refractivity contribution in [2.24, 2.45) is 0 Å². The van der Waals surface area contributed by atoms with E-state index in [2.05, 4.69) is 37.2 Å². The van der Waals surface area contributed by atoms with Gasteiger partial charge in [-0.2, -0.15) is 5.10 Å². The monoisotopic (exact) mass is 439 g/mol. The molecule has 4 rings (SSSR count). The van der Waals surface area contributed by atoms with Gasteiger partial charge in [0.05, 0.1) is 12.8 Å². The molecule has 0 aromatic carbocycles. The molecule has 0 radical (unpaired) electrons. The summed E-state index contributed by atoms with van der Waals surface area (Å²) in [4.78, 5) is 25.8. The molecule has 1 N–H and O–H groups in total. The van der Waals surface area contributed by atoms with E-state index >= 15 is 0 Å². The lowest BCUT2D eigenvalue weighted by atomic mass is 10.3. The van der Waals surface area contributed by atoms with Crippen LogP contribution in [-0.4, -0.2) is 75.2 Å². The Morgan fingerprint density at radius 3 is 2.62 bits per heavy atom. The molecule has 11 heteroatoms. The molecular weight excluding hydrogens is 417 g/mol. The summed E-state index contributed by atoms with van der Waals surface area (Å²) in [6.07, 6.45) is 5.01. The minimum atomic E-state index is -0.102. The third-order valence-electron chi connectivity index (χ3n) is 4.42. The van der Waals surface area contributed by atoms with Crippen LogP contribution in [0.15, 0.2) is 47.3 Å². The smallest absolute Gasteiger partial charge is 0.239 e. The zero-order valence-electron chi connectivity index (χ0n) is 15.9. The number of piperazine rings is 1.